The van der Waals surface area contributed by atoms with Crippen molar-refractivity contribution in [2.75, 3.05) is 24.5 Å². The average Bonchev–Trinajstić information content (AvgIpc) is 3.08. The number of aromatic amines is 1. The minimum atomic E-state index is 0.248. The Morgan fingerprint density at radius 3 is 2.57 bits per heavy atom. The summed E-state index contributed by atoms with van der Waals surface area (Å²) >= 11 is 0. The molecule has 0 spiro atoms. The van der Waals surface area contributed by atoms with E-state index in [1.807, 2.05) is 0 Å². The molecule has 118 valence electrons. The number of hydrogen-bond donors (Lipinski definition) is 2. The van der Waals surface area contributed by atoms with Crippen LogP contribution in [0.5, 0.6) is 0 Å². The Kier molecular flexibility index (Phi) is 4.20. The lowest BCUT2D eigenvalue weighted by atomic mass is 9.89. The van der Waals surface area contributed by atoms with Crippen LogP contribution in [0.4, 0.5) is 5.95 Å². The maximum Gasteiger partial charge on any atom is 0.244 e. The zero-order valence-corrected chi connectivity index (χ0v) is 13.7. The lowest BCUT2D eigenvalue weighted by Crippen LogP contribution is -2.41. The molecule has 1 atom stereocenters. The first-order chi connectivity index (χ1) is 10.0. The molecule has 1 aromatic heterocycles. The average molecular weight is 291 g/mol. The first-order valence-electron chi connectivity index (χ1n) is 8.41. The summed E-state index contributed by atoms with van der Waals surface area (Å²) in [5.74, 6) is 2.75. The van der Waals surface area contributed by atoms with Gasteiger partial charge in [-0.2, -0.15) is 4.98 Å². The van der Waals surface area contributed by atoms with Crippen molar-refractivity contribution in [2.24, 2.45) is 11.3 Å². The molecule has 2 fully saturated rings. The minimum absolute atomic E-state index is 0.248. The Morgan fingerprint density at radius 2 is 1.95 bits per heavy atom. The second-order valence-electron chi connectivity index (χ2n) is 7.85. The van der Waals surface area contributed by atoms with Crippen molar-refractivity contribution in [3.05, 3.63) is 5.82 Å². The Hall–Kier alpha value is -1.10. The molecule has 3 heterocycles. The van der Waals surface area contributed by atoms with Crippen molar-refractivity contribution in [3.8, 4) is 0 Å². The first-order valence-corrected chi connectivity index (χ1v) is 8.41. The molecule has 0 aromatic carbocycles. The van der Waals surface area contributed by atoms with Gasteiger partial charge in [-0.05, 0) is 43.6 Å². The van der Waals surface area contributed by atoms with Gasteiger partial charge in [0, 0.05) is 25.6 Å². The van der Waals surface area contributed by atoms with Crippen molar-refractivity contribution in [2.45, 2.75) is 58.9 Å². The van der Waals surface area contributed by atoms with E-state index >= 15 is 0 Å². The second-order valence-corrected chi connectivity index (χ2v) is 7.85. The number of H-pyrrole nitrogens is 1. The molecule has 2 aliphatic heterocycles. The van der Waals surface area contributed by atoms with Crippen LogP contribution in [0.3, 0.4) is 0 Å². The van der Waals surface area contributed by atoms with Gasteiger partial charge >= 0.3 is 0 Å². The van der Waals surface area contributed by atoms with Crippen molar-refractivity contribution in [1.29, 1.82) is 0 Å². The highest BCUT2D eigenvalue weighted by Gasteiger charge is 2.29. The third-order valence-corrected chi connectivity index (χ3v) is 4.71. The van der Waals surface area contributed by atoms with Crippen molar-refractivity contribution < 1.29 is 0 Å². The molecule has 0 aliphatic carbocycles. The van der Waals surface area contributed by atoms with Crippen LogP contribution in [0.25, 0.3) is 0 Å². The molecular weight excluding hydrogens is 262 g/mol. The Morgan fingerprint density at radius 1 is 1.19 bits per heavy atom. The first kappa shape index (κ1) is 14.8. The van der Waals surface area contributed by atoms with Crippen molar-refractivity contribution in [1.82, 2.24) is 20.5 Å². The standard InChI is InChI=1S/C16H29N5/c1-16(2,3)11-14-18-15(20-19-14)21-9-6-12(7-10-21)13-5-4-8-17-13/h12-13,17H,4-11H2,1-3H3,(H,18,19,20). The zero-order valence-electron chi connectivity index (χ0n) is 13.7. The summed E-state index contributed by atoms with van der Waals surface area (Å²) in [5, 5.41) is 11.2. The molecule has 2 saturated heterocycles. The maximum absolute atomic E-state index is 4.69. The van der Waals surface area contributed by atoms with Crippen LogP contribution in [-0.4, -0.2) is 40.9 Å². The summed E-state index contributed by atoms with van der Waals surface area (Å²) in [4.78, 5) is 7.03. The SMILES string of the molecule is CC(C)(C)Cc1nc(N2CCC(C3CCCN3)CC2)n[nH]1. The molecule has 0 saturated carbocycles. The van der Waals surface area contributed by atoms with Crippen LogP contribution in [0.1, 0.15) is 52.3 Å². The van der Waals surface area contributed by atoms with Crippen LogP contribution in [-0.2, 0) is 6.42 Å². The van der Waals surface area contributed by atoms with Gasteiger partial charge in [-0.1, -0.05) is 20.8 Å². The molecule has 3 rings (SSSR count). The number of nitrogens with one attached hydrogen (secondary N) is 2. The number of anilines is 1. The Labute approximate surface area is 127 Å². The van der Waals surface area contributed by atoms with Crippen LogP contribution < -0.4 is 10.2 Å². The van der Waals surface area contributed by atoms with Crippen molar-refractivity contribution in [3.63, 3.8) is 0 Å². The van der Waals surface area contributed by atoms with E-state index in [0.29, 0.717) is 0 Å². The topological polar surface area (TPSA) is 56.8 Å². The molecule has 0 bridgehead atoms. The van der Waals surface area contributed by atoms with E-state index in [1.54, 1.807) is 0 Å². The monoisotopic (exact) mass is 291 g/mol. The summed E-state index contributed by atoms with van der Waals surface area (Å²) in [7, 11) is 0. The molecule has 0 amide bonds. The predicted molar refractivity (Wildman–Crippen MR) is 85.5 cm³/mol. The summed E-state index contributed by atoms with van der Waals surface area (Å²) < 4.78 is 0. The Balaban J connectivity index is 1.54. The molecule has 2 aliphatic rings. The van der Waals surface area contributed by atoms with E-state index in [1.165, 1.54) is 32.2 Å². The molecule has 21 heavy (non-hydrogen) atoms. The van der Waals surface area contributed by atoms with Crippen molar-refractivity contribution >= 4 is 5.95 Å². The van der Waals surface area contributed by atoms with E-state index < -0.39 is 0 Å². The highest BCUT2D eigenvalue weighted by Crippen LogP contribution is 2.27. The summed E-state index contributed by atoms with van der Waals surface area (Å²) in [6, 6.07) is 0.760. The van der Waals surface area contributed by atoms with Gasteiger partial charge in [0.2, 0.25) is 5.95 Å². The largest absolute Gasteiger partial charge is 0.340 e. The molecule has 1 unspecified atom stereocenters. The van der Waals surface area contributed by atoms with Gasteiger partial charge < -0.3 is 10.2 Å². The zero-order chi connectivity index (χ0) is 14.9. The van der Waals surface area contributed by atoms with E-state index in [9.17, 15) is 0 Å². The van der Waals surface area contributed by atoms with Crippen LogP contribution in [0, 0.1) is 11.3 Å². The molecule has 0 radical (unpaired) electrons. The number of nitrogens with zero attached hydrogens (tertiary/aromatic N) is 3. The van der Waals surface area contributed by atoms with E-state index in [2.05, 4.69) is 46.2 Å². The quantitative estimate of drug-likeness (QED) is 0.897. The van der Waals surface area contributed by atoms with E-state index in [0.717, 1.165) is 43.2 Å². The molecule has 1 aromatic rings. The molecule has 2 N–H and O–H groups in total. The lowest BCUT2D eigenvalue weighted by Gasteiger charge is -2.34. The normalized spacial score (nSPS) is 24.7. The highest BCUT2D eigenvalue weighted by atomic mass is 15.4. The summed E-state index contributed by atoms with van der Waals surface area (Å²) in [5.41, 5.74) is 0.248. The number of rotatable bonds is 3. The number of piperidine rings is 1. The fraction of sp³-hybridized carbons (Fsp3) is 0.875. The van der Waals surface area contributed by atoms with Gasteiger partial charge in [-0.3, -0.25) is 5.10 Å². The Bertz CT molecular complexity index is 447. The maximum atomic E-state index is 4.69. The fourth-order valence-corrected chi connectivity index (χ4v) is 3.62. The fourth-order valence-electron chi connectivity index (χ4n) is 3.62. The van der Waals surface area contributed by atoms with Gasteiger partial charge in [-0.15, -0.1) is 5.10 Å². The summed E-state index contributed by atoms with van der Waals surface area (Å²) in [6.07, 6.45) is 6.19. The van der Waals surface area contributed by atoms with Gasteiger partial charge in [0.25, 0.3) is 0 Å². The highest BCUT2D eigenvalue weighted by molar-refractivity contribution is 5.29. The molecular formula is C16H29N5. The minimum Gasteiger partial charge on any atom is -0.340 e. The number of aromatic nitrogens is 3. The van der Waals surface area contributed by atoms with Crippen LogP contribution in [0.15, 0.2) is 0 Å². The van der Waals surface area contributed by atoms with Gasteiger partial charge in [0.15, 0.2) is 0 Å². The predicted octanol–water partition coefficient (Wildman–Crippen LogP) is 2.36. The second kappa shape index (κ2) is 5.95. The van der Waals surface area contributed by atoms with Gasteiger partial charge in [-0.25, -0.2) is 0 Å². The third kappa shape index (κ3) is 3.76. The van der Waals surface area contributed by atoms with E-state index in [4.69, 9.17) is 0 Å². The summed E-state index contributed by atoms with van der Waals surface area (Å²) in [6.45, 7) is 10.1. The third-order valence-electron chi connectivity index (χ3n) is 4.71. The smallest absolute Gasteiger partial charge is 0.244 e. The molecule has 5 nitrogen and oxygen atoms in total. The molecule has 5 heteroatoms. The van der Waals surface area contributed by atoms with Gasteiger partial charge in [0.1, 0.15) is 5.82 Å². The van der Waals surface area contributed by atoms with Crippen LogP contribution in [0.2, 0.25) is 0 Å². The number of hydrogen-bond acceptors (Lipinski definition) is 4. The van der Waals surface area contributed by atoms with Crippen LogP contribution >= 0.6 is 0 Å². The van der Waals surface area contributed by atoms with E-state index in [-0.39, 0.29) is 5.41 Å². The van der Waals surface area contributed by atoms with Gasteiger partial charge in [0.05, 0.1) is 0 Å². The lowest BCUT2D eigenvalue weighted by molar-refractivity contribution is 0.317.